The summed E-state index contributed by atoms with van der Waals surface area (Å²) in [5.74, 6) is 2.23. The normalized spacial score (nSPS) is 15.6. The quantitative estimate of drug-likeness (QED) is 0.641. The number of aliphatic imine (C=N–C) groups is 1. The zero-order valence-electron chi connectivity index (χ0n) is 15.7. The SMILES string of the molecule is CCNC(=NCc1csc(C(C)C)n1)N1CCN(c2ncccn2)CC1. The van der Waals surface area contributed by atoms with E-state index in [1.807, 2.05) is 6.07 Å². The Labute approximate surface area is 159 Å². The highest BCUT2D eigenvalue weighted by Gasteiger charge is 2.21. The number of nitrogens with one attached hydrogen (secondary N) is 1. The lowest BCUT2D eigenvalue weighted by atomic mass is 10.2. The molecule has 0 unspecified atom stereocenters. The van der Waals surface area contributed by atoms with Gasteiger partial charge in [-0.3, -0.25) is 0 Å². The van der Waals surface area contributed by atoms with Gasteiger partial charge in [0.1, 0.15) is 0 Å². The van der Waals surface area contributed by atoms with Crippen LogP contribution in [0.3, 0.4) is 0 Å². The molecular formula is C18H27N7S. The summed E-state index contributed by atoms with van der Waals surface area (Å²) in [6.45, 7) is 11.5. The van der Waals surface area contributed by atoms with Crippen LogP contribution in [0, 0.1) is 0 Å². The van der Waals surface area contributed by atoms with Gasteiger partial charge in [0.05, 0.1) is 17.2 Å². The fourth-order valence-electron chi connectivity index (χ4n) is 2.81. The average molecular weight is 374 g/mol. The molecule has 2 aromatic heterocycles. The number of anilines is 1. The third-order valence-electron chi connectivity index (χ3n) is 4.20. The summed E-state index contributed by atoms with van der Waals surface area (Å²) in [4.78, 5) is 22.7. The van der Waals surface area contributed by atoms with Crippen molar-refractivity contribution in [1.29, 1.82) is 0 Å². The molecule has 0 aromatic carbocycles. The summed E-state index contributed by atoms with van der Waals surface area (Å²) in [6, 6.07) is 1.85. The molecule has 26 heavy (non-hydrogen) atoms. The molecule has 0 radical (unpaired) electrons. The van der Waals surface area contributed by atoms with Gasteiger partial charge in [-0.05, 0) is 13.0 Å². The highest BCUT2D eigenvalue weighted by atomic mass is 32.1. The molecule has 0 aliphatic carbocycles. The van der Waals surface area contributed by atoms with Crippen molar-refractivity contribution in [2.75, 3.05) is 37.6 Å². The van der Waals surface area contributed by atoms with E-state index < -0.39 is 0 Å². The maximum Gasteiger partial charge on any atom is 0.225 e. The van der Waals surface area contributed by atoms with Gasteiger partial charge in [0.15, 0.2) is 5.96 Å². The Morgan fingerprint density at radius 3 is 2.58 bits per heavy atom. The van der Waals surface area contributed by atoms with E-state index in [2.05, 4.69) is 56.2 Å². The lowest BCUT2D eigenvalue weighted by molar-refractivity contribution is 0.370. The Bertz CT molecular complexity index is 705. The Balaban J connectivity index is 1.61. The van der Waals surface area contributed by atoms with Crippen LogP contribution in [-0.4, -0.2) is 58.5 Å². The molecule has 1 aliphatic heterocycles. The number of nitrogens with zero attached hydrogens (tertiary/aromatic N) is 6. The van der Waals surface area contributed by atoms with Gasteiger partial charge >= 0.3 is 0 Å². The van der Waals surface area contributed by atoms with E-state index in [0.29, 0.717) is 12.5 Å². The van der Waals surface area contributed by atoms with Crippen molar-refractivity contribution in [3.8, 4) is 0 Å². The van der Waals surface area contributed by atoms with Gasteiger partial charge in [0.25, 0.3) is 0 Å². The molecule has 7 nitrogen and oxygen atoms in total. The topological polar surface area (TPSA) is 69.5 Å². The van der Waals surface area contributed by atoms with E-state index in [4.69, 9.17) is 4.99 Å². The first kappa shape index (κ1) is 18.6. The molecule has 0 amide bonds. The monoisotopic (exact) mass is 373 g/mol. The van der Waals surface area contributed by atoms with Crippen molar-refractivity contribution in [2.45, 2.75) is 33.2 Å². The van der Waals surface area contributed by atoms with Gasteiger partial charge in [0.2, 0.25) is 5.95 Å². The van der Waals surface area contributed by atoms with Crippen LogP contribution in [0.4, 0.5) is 5.95 Å². The lowest BCUT2D eigenvalue weighted by Gasteiger charge is -2.36. The lowest BCUT2D eigenvalue weighted by Crippen LogP contribution is -2.53. The second-order valence-corrected chi connectivity index (χ2v) is 7.41. The van der Waals surface area contributed by atoms with E-state index in [-0.39, 0.29) is 0 Å². The first-order chi connectivity index (χ1) is 12.7. The fraction of sp³-hybridized carbons (Fsp3) is 0.556. The van der Waals surface area contributed by atoms with Gasteiger partial charge in [0, 0.05) is 56.4 Å². The van der Waals surface area contributed by atoms with Gasteiger partial charge in [-0.1, -0.05) is 13.8 Å². The third kappa shape index (κ3) is 4.69. The second kappa shape index (κ2) is 8.93. The molecule has 3 heterocycles. The maximum atomic E-state index is 4.80. The van der Waals surface area contributed by atoms with Crippen LogP contribution < -0.4 is 10.2 Å². The number of aromatic nitrogens is 3. The molecule has 1 aliphatic rings. The molecule has 1 fully saturated rings. The van der Waals surface area contributed by atoms with Crippen LogP contribution in [0.2, 0.25) is 0 Å². The predicted molar refractivity (Wildman–Crippen MR) is 107 cm³/mol. The summed E-state index contributed by atoms with van der Waals surface area (Å²) in [7, 11) is 0. The van der Waals surface area contributed by atoms with Gasteiger partial charge in [-0.25, -0.2) is 19.9 Å². The third-order valence-corrected chi connectivity index (χ3v) is 5.40. The molecule has 8 heteroatoms. The molecule has 1 N–H and O–H groups in total. The predicted octanol–water partition coefficient (Wildman–Crippen LogP) is 2.34. The van der Waals surface area contributed by atoms with Crippen molar-refractivity contribution >= 4 is 23.2 Å². The number of hydrogen-bond donors (Lipinski definition) is 1. The first-order valence-electron chi connectivity index (χ1n) is 9.17. The van der Waals surface area contributed by atoms with Crippen LogP contribution in [0.25, 0.3) is 0 Å². The van der Waals surface area contributed by atoms with Crippen molar-refractivity contribution in [3.05, 3.63) is 34.5 Å². The number of guanidine groups is 1. The fourth-order valence-corrected chi connectivity index (χ4v) is 3.64. The minimum absolute atomic E-state index is 0.472. The van der Waals surface area contributed by atoms with E-state index in [1.165, 1.54) is 5.01 Å². The Morgan fingerprint density at radius 1 is 1.23 bits per heavy atom. The maximum absolute atomic E-state index is 4.80. The van der Waals surface area contributed by atoms with Crippen molar-refractivity contribution in [3.63, 3.8) is 0 Å². The highest BCUT2D eigenvalue weighted by Crippen LogP contribution is 2.19. The van der Waals surface area contributed by atoms with Crippen LogP contribution in [-0.2, 0) is 6.54 Å². The van der Waals surface area contributed by atoms with Crippen molar-refractivity contribution in [2.24, 2.45) is 4.99 Å². The largest absolute Gasteiger partial charge is 0.357 e. The van der Waals surface area contributed by atoms with Crippen LogP contribution in [0.5, 0.6) is 0 Å². The summed E-state index contributed by atoms with van der Waals surface area (Å²) in [5.41, 5.74) is 1.05. The Kier molecular flexibility index (Phi) is 6.38. The number of thiazole rings is 1. The highest BCUT2D eigenvalue weighted by molar-refractivity contribution is 7.09. The van der Waals surface area contributed by atoms with Crippen LogP contribution >= 0.6 is 11.3 Å². The molecule has 3 rings (SSSR count). The zero-order chi connectivity index (χ0) is 18.4. The minimum atomic E-state index is 0.472. The number of rotatable bonds is 5. The van der Waals surface area contributed by atoms with E-state index in [9.17, 15) is 0 Å². The number of hydrogen-bond acceptors (Lipinski definition) is 6. The smallest absolute Gasteiger partial charge is 0.225 e. The summed E-state index contributed by atoms with van der Waals surface area (Å²) in [6.07, 6.45) is 3.58. The Morgan fingerprint density at radius 2 is 1.96 bits per heavy atom. The zero-order valence-corrected chi connectivity index (χ0v) is 16.5. The molecule has 0 saturated carbocycles. The molecule has 0 spiro atoms. The summed E-state index contributed by atoms with van der Waals surface area (Å²) >= 11 is 1.72. The molecule has 1 saturated heterocycles. The summed E-state index contributed by atoms with van der Waals surface area (Å²) in [5, 5.41) is 6.70. The van der Waals surface area contributed by atoms with E-state index in [0.717, 1.165) is 50.3 Å². The van der Waals surface area contributed by atoms with Crippen molar-refractivity contribution < 1.29 is 0 Å². The first-order valence-corrected chi connectivity index (χ1v) is 10.0. The summed E-state index contributed by atoms with van der Waals surface area (Å²) < 4.78 is 0. The van der Waals surface area contributed by atoms with Gasteiger partial charge < -0.3 is 15.1 Å². The molecule has 140 valence electrons. The van der Waals surface area contributed by atoms with Gasteiger partial charge in [-0.15, -0.1) is 11.3 Å². The minimum Gasteiger partial charge on any atom is -0.357 e. The Hall–Kier alpha value is -2.22. The standard InChI is InChI=1S/C18H27N7S/c1-4-19-17(22-12-15-13-26-16(23-15)14(2)3)24-8-10-25(11-9-24)18-20-6-5-7-21-18/h5-7,13-14H,4,8-12H2,1-3H3,(H,19,22). The molecule has 0 atom stereocenters. The number of piperazine rings is 1. The van der Waals surface area contributed by atoms with E-state index in [1.54, 1.807) is 23.7 Å². The van der Waals surface area contributed by atoms with Crippen LogP contribution in [0.15, 0.2) is 28.8 Å². The van der Waals surface area contributed by atoms with Crippen LogP contribution in [0.1, 0.15) is 37.4 Å². The van der Waals surface area contributed by atoms with Crippen molar-refractivity contribution in [1.82, 2.24) is 25.2 Å². The van der Waals surface area contributed by atoms with E-state index >= 15 is 0 Å². The molecule has 2 aromatic rings. The second-order valence-electron chi connectivity index (χ2n) is 6.52. The van der Waals surface area contributed by atoms with Gasteiger partial charge in [-0.2, -0.15) is 0 Å². The average Bonchev–Trinajstić information content (AvgIpc) is 3.15. The molecule has 0 bridgehead atoms. The molecular weight excluding hydrogens is 346 g/mol.